The summed E-state index contributed by atoms with van der Waals surface area (Å²) in [6.45, 7) is 11.5. The van der Waals surface area contributed by atoms with Gasteiger partial charge >= 0.3 is 62.4 Å². The number of benzene rings is 6. The van der Waals surface area contributed by atoms with Gasteiger partial charge in [-0.2, -0.15) is 50.5 Å². The highest BCUT2D eigenvalue weighted by molar-refractivity contribution is 7.82. The Morgan fingerprint density at radius 3 is 0.417 bits per heavy atom. The quantitative estimate of drug-likeness (QED) is 0.0228. The normalized spacial score (nSPS) is 13.4. The number of hydrogen-bond donors (Lipinski definition) is 6. The van der Waals surface area contributed by atoms with E-state index in [1.165, 1.54) is 0 Å². The Morgan fingerprint density at radius 1 is 0.229 bits per heavy atom. The third-order valence-electron chi connectivity index (χ3n) is 16.1. The fourth-order valence-electron chi connectivity index (χ4n) is 12.2. The van der Waals surface area contributed by atoms with Crippen LogP contribution in [0.15, 0.2) is 72.8 Å². The van der Waals surface area contributed by atoms with Crippen molar-refractivity contribution in [2.75, 3.05) is 0 Å². The van der Waals surface area contributed by atoms with E-state index in [2.05, 4.69) is 0 Å². The molecule has 0 saturated carbocycles. The van der Waals surface area contributed by atoms with Gasteiger partial charge in [0.25, 0.3) is 0 Å². The van der Waals surface area contributed by atoms with E-state index in [-0.39, 0.29) is 66.8 Å². The summed E-state index contributed by atoms with van der Waals surface area (Å²) in [6.07, 6.45) is 5.77. The van der Waals surface area contributed by atoms with Crippen LogP contribution >= 0.6 is 0 Å². The van der Waals surface area contributed by atoms with Crippen molar-refractivity contribution >= 4 is 62.4 Å². The monoisotopic (exact) mass is 1450 g/mol. The highest BCUT2D eigenvalue weighted by atomic mass is 32.3. The first-order valence-corrected chi connectivity index (χ1v) is 40.0. The predicted octanol–water partition coefficient (Wildman–Crippen LogP) is 12.7. The number of rotatable bonds is 30. The van der Waals surface area contributed by atoms with Gasteiger partial charge in [-0.15, -0.1) is 0 Å². The van der Waals surface area contributed by atoms with Gasteiger partial charge in [0.05, 0.1) is 0 Å². The minimum absolute atomic E-state index is 0.0461. The summed E-state index contributed by atoms with van der Waals surface area (Å²) < 4.78 is 257. The highest BCUT2D eigenvalue weighted by Gasteiger charge is 2.31. The molecule has 0 heterocycles. The Kier molecular flexibility index (Phi) is 26.4. The molecule has 0 atom stereocenters. The molecule has 7 rings (SSSR count). The predicted molar refractivity (Wildman–Crippen MR) is 360 cm³/mol. The van der Waals surface area contributed by atoms with Crippen LogP contribution in [0.2, 0.25) is 0 Å². The van der Waals surface area contributed by atoms with E-state index in [4.69, 9.17) is 25.1 Å². The Morgan fingerprint density at radius 2 is 0.333 bits per heavy atom. The van der Waals surface area contributed by atoms with Gasteiger partial charge in [-0.25, -0.2) is 0 Å². The van der Waals surface area contributed by atoms with Crippen molar-refractivity contribution in [3.05, 3.63) is 173 Å². The van der Waals surface area contributed by atoms with Crippen molar-refractivity contribution in [2.24, 2.45) is 0 Å². The minimum Gasteiger partial charge on any atom is -0.361 e. The first-order valence-electron chi connectivity index (χ1n) is 31.9. The zero-order valence-electron chi connectivity index (χ0n) is 54.4. The Bertz CT molecular complexity index is 3630. The summed E-state index contributed by atoms with van der Waals surface area (Å²) >= 11 is 0. The molecule has 1 aliphatic carbocycles. The molecule has 0 unspecified atom stereocenters. The minimum atomic E-state index is -5.51. The number of hydrogen-bond acceptors (Lipinski definition) is 18. The second-order valence-corrected chi connectivity index (χ2v) is 30.3. The van der Waals surface area contributed by atoms with Crippen LogP contribution in [-0.2, 0) is 139 Å². The molecule has 12 bridgehead atoms. The Labute approximate surface area is 564 Å². The molecule has 6 aromatic carbocycles. The van der Waals surface area contributed by atoms with E-state index < -0.39 is 135 Å². The molecule has 0 fully saturated rings. The topological polar surface area (TPSA) is 382 Å². The molecule has 1 aliphatic rings. The molecule has 30 heteroatoms. The second kappa shape index (κ2) is 33.0. The zero-order chi connectivity index (χ0) is 70.6. The van der Waals surface area contributed by atoms with Crippen molar-refractivity contribution < 1.29 is 103 Å². The molecule has 0 spiro atoms. The van der Waals surface area contributed by atoms with Gasteiger partial charge in [-0.05, 0) is 110 Å². The lowest BCUT2D eigenvalue weighted by Gasteiger charge is -2.23. The smallest absolute Gasteiger partial charge is 0.361 e. The molecule has 24 nitrogen and oxygen atoms in total. The Balaban J connectivity index is 1.77. The van der Waals surface area contributed by atoms with Gasteiger partial charge in [-0.3, -0.25) is 27.3 Å². The third-order valence-corrected chi connectivity index (χ3v) is 18.4. The summed E-state index contributed by atoms with van der Waals surface area (Å²) in [4.78, 5) is 0. The van der Waals surface area contributed by atoms with E-state index in [0.29, 0.717) is 149 Å². The van der Waals surface area contributed by atoms with E-state index in [0.717, 1.165) is 0 Å². The Hall–Kier alpha value is -6.42. The van der Waals surface area contributed by atoms with Crippen LogP contribution in [0.1, 0.15) is 219 Å². The number of unbranched alkanes of at least 4 members (excludes halogenated alkanes) is 6. The fraction of sp³-hybridized carbons (Fsp3) is 0.455. The summed E-state index contributed by atoms with van der Waals surface area (Å²) in [7, 11) is -33.1. The summed E-state index contributed by atoms with van der Waals surface area (Å²) in [5, 5.41) is 0. The summed E-state index contributed by atoms with van der Waals surface area (Å²) in [6, 6.07) is 18.5. The summed E-state index contributed by atoms with van der Waals surface area (Å²) in [5.74, 6) is -3.27. The maximum Gasteiger partial charge on any atom is 0.446 e. The molecule has 96 heavy (non-hydrogen) atoms. The lowest BCUT2D eigenvalue weighted by Crippen LogP contribution is -2.16. The average molecular weight is 1450 g/mol. The van der Waals surface area contributed by atoms with Crippen molar-refractivity contribution in [3.63, 3.8) is 0 Å². The molecule has 528 valence electrons. The first kappa shape index (κ1) is 76.9. The molecule has 0 saturated heterocycles. The SMILES string of the molecule is CCCCc1cc2c(OS(=O)(=O)O)c(c1)Cc1cc(CCCC)cc(c1OS(=O)(=O)O)Cc1cc(CCCC)cc(c1OS(=O)(=O)O)Cc1cc(CCCC)cc(c1OS(=O)(=O)O)Cc1cc(CCCC)cc(c1OS(=O)(=O)O)Cc1cc(CCCC)cc(c1OS(=O)(=O)O)C2. The molecular formula is C66H84O24S6. The van der Waals surface area contributed by atoms with Gasteiger partial charge in [0, 0.05) is 105 Å². The van der Waals surface area contributed by atoms with Crippen molar-refractivity contribution in [2.45, 2.75) is 196 Å². The molecule has 0 aliphatic heterocycles. The summed E-state index contributed by atoms with van der Waals surface area (Å²) in [5.41, 5.74) is 2.56. The van der Waals surface area contributed by atoms with Crippen LogP contribution in [0.3, 0.4) is 0 Å². The van der Waals surface area contributed by atoms with Gasteiger partial charge in [0.2, 0.25) is 0 Å². The van der Waals surface area contributed by atoms with Crippen LogP contribution in [0, 0.1) is 0 Å². The van der Waals surface area contributed by atoms with Crippen molar-refractivity contribution in [3.8, 4) is 34.5 Å². The molecule has 6 aromatic rings. The molecule has 6 N–H and O–H groups in total. The van der Waals surface area contributed by atoms with Crippen LogP contribution in [0.25, 0.3) is 0 Å². The first-order chi connectivity index (χ1) is 45.0. The average Bonchev–Trinajstić information content (AvgIpc) is 0.781. The second-order valence-electron chi connectivity index (χ2n) is 24.2. The molecule has 0 aromatic heterocycles. The largest absolute Gasteiger partial charge is 0.446 e. The lowest BCUT2D eigenvalue weighted by atomic mass is 9.87. The van der Waals surface area contributed by atoms with Gasteiger partial charge < -0.3 is 25.1 Å². The third kappa shape index (κ3) is 23.4. The lowest BCUT2D eigenvalue weighted by molar-refractivity contribution is 0.379. The zero-order valence-corrected chi connectivity index (χ0v) is 59.3. The standard InChI is InChI=1S/C66H84O24S6/c1-7-13-19-43-25-49-37-51-27-44(20-14-8-2)29-53(62(51)86-92(70,71)72)39-55-31-46(22-16-10-4)33-57(64(55)88-94(76,77)78)41-59-35-48(24-18-12-6)36-60(66(59)90-96(82,83)84)42-58-34-47(23-17-11-5)32-56(65(58)89-95(79,80)81)40-54-30-45(21-15-9-3)28-52(63(54)87-93(73,74)75)38-50(26-43)61(49)85-91(67,68)69/h25-36H,7-24,37-42H2,1-6H3,(H,67,68,69)(H,70,71,72)(H,73,74,75)(H,76,77,78)(H,79,80,81)(H,82,83,84). The maximum absolute atomic E-state index is 13.3. The van der Waals surface area contributed by atoms with Crippen LogP contribution < -0.4 is 25.1 Å². The van der Waals surface area contributed by atoms with Gasteiger partial charge in [0.15, 0.2) is 34.5 Å². The molecular weight excluding hydrogens is 1370 g/mol. The molecule has 0 amide bonds. The molecule has 0 radical (unpaired) electrons. The van der Waals surface area contributed by atoms with Crippen LogP contribution in [-0.4, -0.2) is 77.8 Å². The number of aryl methyl sites for hydroxylation is 6. The van der Waals surface area contributed by atoms with Gasteiger partial charge in [-0.1, -0.05) is 153 Å². The van der Waals surface area contributed by atoms with E-state index >= 15 is 0 Å². The van der Waals surface area contributed by atoms with E-state index in [1.54, 1.807) is 72.8 Å². The fourth-order valence-corrected chi connectivity index (χ4v) is 14.7. The van der Waals surface area contributed by atoms with Gasteiger partial charge in [0.1, 0.15) is 0 Å². The highest BCUT2D eigenvalue weighted by Crippen LogP contribution is 2.44. The maximum atomic E-state index is 13.3. The van der Waals surface area contributed by atoms with Crippen molar-refractivity contribution in [1.29, 1.82) is 0 Å². The van der Waals surface area contributed by atoms with Crippen LogP contribution in [0.5, 0.6) is 34.5 Å². The van der Waals surface area contributed by atoms with E-state index in [1.807, 2.05) is 41.5 Å². The van der Waals surface area contributed by atoms with Crippen LogP contribution in [0.4, 0.5) is 0 Å². The number of fused-ring (bicyclic) bond motifs is 12. The van der Waals surface area contributed by atoms with Crippen molar-refractivity contribution in [1.82, 2.24) is 0 Å². The van der Waals surface area contributed by atoms with E-state index in [9.17, 15) is 77.8 Å².